The highest BCUT2D eigenvalue weighted by atomic mass is 16.5. The van der Waals surface area contributed by atoms with Gasteiger partial charge in [0, 0.05) is 6.42 Å². The molecule has 0 aromatic heterocycles. The number of hydrogen-bond acceptors (Lipinski definition) is 4. The van der Waals surface area contributed by atoms with Crippen LogP contribution in [0.15, 0.2) is 24.3 Å². The van der Waals surface area contributed by atoms with Gasteiger partial charge in [0.05, 0.1) is 23.5 Å². The zero-order chi connectivity index (χ0) is 18.8. The van der Waals surface area contributed by atoms with Crippen LogP contribution in [0.1, 0.15) is 47.9 Å². The van der Waals surface area contributed by atoms with Crippen LogP contribution in [0.2, 0.25) is 0 Å². The fourth-order valence-electron chi connectivity index (χ4n) is 5.31. The van der Waals surface area contributed by atoms with E-state index in [0.717, 1.165) is 22.3 Å². The van der Waals surface area contributed by atoms with E-state index in [1.165, 1.54) is 0 Å². The first-order chi connectivity index (χ1) is 12.2. The largest absolute Gasteiger partial charge is 0.362 e. The summed E-state index contributed by atoms with van der Waals surface area (Å²) in [7, 11) is 0. The van der Waals surface area contributed by atoms with Crippen LogP contribution < -0.4 is 0 Å². The summed E-state index contributed by atoms with van der Waals surface area (Å²) in [4.78, 5) is 38.1. The summed E-state index contributed by atoms with van der Waals surface area (Å²) in [5.74, 6) is -1.56. The summed E-state index contributed by atoms with van der Waals surface area (Å²) >= 11 is 0. The average molecular weight is 352 g/mol. The number of fused-ring (bicyclic) bond motifs is 5. The van der Waals surface area contributed by atoms with Crippen molar-refractivity contribution in [3.05, 3.63) is 46.5 Å². The molecule has 5 atom stereocenters. The highest BCUT2D eigenvalue weighted by Crippen LogP contribution is 2.57. The summed E-state index contributed by atoms with van der Waals surface area (Å²) in [5.41, 5.74) is 3.20. The van der Waals surface area contributed by atoms with Gasteiger partial charge < -0.3 is 9.53 Å². The van der Waals surface area contributed by atoms with Crippen molar-refractivity contribution in [2.24, 2.45) is 11.8 Å². The number of ether oxygens (including phenoxy) is 1. The molecular formula is C22H24O4. The maximum absolute atomic E-state index is 13.4. The summed E-state index contributed by atoms with van der Waals surface area (Å²) in [6.07, 6.45) is 4.32. The second-order valence-electron chi connectivity index (χ2n) is 8.15. The Labute approximate surface area is 153 Å². The molecule has 4 heteroatoms. The Morgan fingerprint density at radius 2 is 1.77 bits per heavy atom. The fourth-order valence-corrected chi connectivity index (χ4v) is 5.31. The summed E-state index contributed by atoms with van der Waals surface area (Å²) in [6, 6.07) is 4.07. The van der Waals surface area contributed by atoms with E-state index in [0.29, 0.717) is 12.8 Å². The van der Waals surface area contributed by atoms with Gasteiger partial charge in [0.25, 0.3) is 0 Å². The molecule has 4 nitrogen and oxygen atoms in total. The SMILES string of the molecule is CC(=O)CC[C@]12C=C[C@H](O1)[C@@H]1C(=O)C(c3c(C)cc(C)cc3C)C(=O)[C@@H]12. The standard InChI is InChI=1S/C22H24O4/c1-11-9-12(2)16(13(3)10-11)18-20(24)17-15-6-8-22(26-15,7-5-14(4)23)19(17)21(18)25/h6,8-10,15,17-19H,5,7H2,1-4H3/t15-,17-,18?,19+,22+/m0/s1. The van der Waals surface area contributed by atoms with Crippen molar-refractivity contribution in [2.75, 3.05) is 0 Å². The number of hydrogen-bond donors (Lipinski definition) is 0. The predicted octanol–water partition coefficient (Wildman–Crippen LogP) is 3.16. The van der Waals surface area contributed by atoms with E-state index < -0.39 is 23.4 Å². The zero-order valence-electron chi connectivity index (χ0n) is 15.7. The van der Waals surface area contributed by atoms with Crippen LogP contribution in [-0.2, 0) is 19.1 Å². The lowest BCUT2D eigenvalue weighted by Gasteiger charge is -2.29. The molecule has 4 rings (SSSR count). The highest BCUT2D eigenvalue weighted by Gasteiger charge is 2.67. The monoisotopic (exact) mass is 352 g/mol. The van der Waals surface area contributed by atoms with Gasteiger partial charge in [0.2, 0.25) is 0 Å². The molecule has 2 aliphatic heterocycles. The van der Waals surface area contributed by atoms with Crippen LogP contribution in [0.3, 0.4) is 0 Å². The Morgan fingerprint density at radius 1 is 1.12 bits per heavy atom. The first-order valence-corrected chi connectivity index (χ1v) is 9.27. The molecule has 2 heterocycles. The molecule has 136 valence electrons. The van der Waals surface area contributed by atoms with Crippen molar-refractivity contribution in [1.82, 2.24) is 0 Å². The second kappa shape index (κ2) is 5.71. The third-order valence-electron chi connectivity index (χ3n) is 6.26. The van der Waals surface area contributed by atoms with Gasteiger partial charge in [0.15, 0.2) is 11.6 Å². The van der Waals surface area contributed by atoms with Crippen LogP contribution in [0.5, 0.6) is 0 Å². The van der Waals surface area contributed by atoms with Gasteiger partial charge in [-0.1, -0.05) is 29.8 Å². The molecule has 1 saturated carbocycles. The fraction of sp³-hybridized carbons (Fsp3) is 0.500. The average Bonchev–Trinajstić information content (AvgIpc) is 3.18. The Kier molecular flexibility index (Phi) is 3.81. The van der Waals surface area contributed by atoms with Gasteiger partial charge >= 0.3 is 0 Å². The van der Waals surface area contributed by atoms with Crippen LogP contribution >= 0.6 is 0 Å². The lowest BCUT2D eigenvalue weighted by molar-refractivity contribution is -0.130. The first-order valence-electron chi connectivity index (χ1n) is 9.27. The molecule has 1 aliphatic carbocycles. The highest BCUT2D eigenvalue weighted by molar-refractivity contribution is 6.17. The van der Waals surface area contributed by atoms with E-state index in [1.54, 1.807) is 6.92 Å². The van der Waals surface area contributed by atoms with Gasteiger partial charge in [-0.25, -0.2) is 0 Å². The smallest absolute Gasteiger partial charge is 0.154 e. The molecule has 0 spiro atoms. The lowest BCUT2D eigenvalue weighted by atomic mass is 9.74. The van der Waals surface area contributed by atoms with Crippen LogP contribution in [0, 0.1) is 32.6 Å². The molecule has 1 saturated heterocycles. The number of aryl methyl sites for hydroxylation is 3. The second-order valence-corrected chi connectivity index (χ2v) is 8.15. The maximum atomic E-state index is 13.4. The quantitative estimate of drug-likeness (QED) is 0.617. The Bertz CT molecular complexity index is 842. The predicted molar refractivity (Wildman–Crippen MR) is 97.0 cm³/mol. The molecule has 1 aromatic carbocycles. The van der Waals surface area contributed by atoms with Gasteiger partial charge in [-0.05, 0) is 50.8 Å². The molecule has 3 aliphatic rings. The molecule has 26 heavy (non-hydrogen) atoms. The van der Waals surface area contributed by atoms with Gasteiger partial charge in [-0.15, -0.1) is 0 Å². The number of ketones is 3. The molecule has 0 radical (unpaired) electrons. The van der Waals surface area contributed by atoms with Crippen molar-refractivity contribution in [3.8, 4) is 0 Å². The zero-order valence-corrected chi connectivity index (χ0v) is 15.7. The number of Topliss-reactive ketones (excluding diaryl/α,β-unsaturated/α-hetero) is 3. The van der Waals surface area contributed by atoms with Gasteiger partial charge in [-0.3, -0.25) is 9.59 Å². The van der Waals surface area contributed by atoms with E-state index >= 15 is 0 Å². The van der Waals surface area contributed by atoms with E-state index in [-0.39, 0.29) is 23.5 Å². The summed E-state index contributed by atoms with van der Waals surface area (Å²) in [6.45, 7) is 7.51. The van der Waals surface area contributed by atoms with E-state index in [4.69, 9.17) is 4.74 Å². The van der Waals surface area contributed by atoms with E-state index in [1.807, 2.05) is 45.1 Å². The molecule has 2 fully saturated rings. The summed E-state index contributed by atoms with van der Waals surface area (Å²) < 4.78 is 6.08. The Hall–Kier alpha value is -2.07. The third-order valence-corrected chi connectivity index (χ3v) is 6.26. The lowest BCUT2D eigenvalue weighted by Crippen LogP contribution is -2.38. The van der Waals surface area contributed by atoms with Crippen molar-refractivity contribution < 1.29 is 19.1 Å². The molecule has 1 aromatic rings. The number of carbonyl (C=O) groups is 3. The number of carbonyl (C=O) groups excluding carboxylic acids is 3. The Morgan fingerprint density at radius 3 is 2.38 bits per heavy atom. The summed E-state index contributed by atoms with van der Waals surface area (Å²) in [5, 5.41) is 0. The van der Waals surface area contributed by atoms with Gasteiger partial charge in [0.1, 0.15) is 11.7 Å². The first kappa shape index (κ1) is 17.3. The molecular weight excluding hydrogens is 328 g/mol. The molecule has 2 bridgehead atoms. The molecule has 0 amide bonds. The van der Waals surface area contributed by atoms with E-state index in [2.05, 4.69) is 0 Å². The van der Waals surface area contributed by atoms with Gasteiger partial charge in [-0.2, -0.15) is 0 Å². The molecule has 0 N–H and O–H groups in total. The third kappa shape index (κ3) is 2.28. The van der Waals surface area contributed by atoms with Crippen molar-refractivity contribution in [2.45, 2.75) is 58.2 Å². The molecule has 1 unspecified atom stereocenters. The minimum Gasteiger partial charge on any atom is -0.362 e. The minimum absolute atomic E-state index is 0.0193. The van der Waals surface area contributed by atoms with Crippen molar-refractivity contribution in [1.29, 1.82) is 0 Å². The number of rotatable bonds is 4. The normalized spacial score (nSPS) is 34.6. The maximum Gasteiger partial charge on any atom is 0.154 e. The van der Waals surface area contributed by atoms with Crippen LogP contribution in [-0.4, -0.2) is 29.1 Å². The van der Waals surface area contributed by atoms with E-state index in [9.17, 15) is 14.4 Å². The van der Waals surface area contributed by atoms with Crippen molar-refractivity contribution in [3.63, 3.8) is 0 Å². The minimum atomic E-state index is -0.783. The topological polar surface area (TPSA) is 60.4 Å². The van der Waals surface area contributed by atoms with Crippen LogP contribution in [0.4, 0.5) is 0 Å². The Balaban J connectivity index is 1.75. The number of benzene rings is 1. The van der Waals surface area contributed by atoms with Crippen LogP contribution in [0.25, 0.3) is 0 Å². The van der Waals surface area contributed by atoms with Crippen molar-refractivity contribution >= 4 is 17.3 Å².